The number of nitrogens with one attached hydrogen (secondary N) is 1. The Morgan fingerprint density at radius 2 is 1.74 bits per heavy atom. The molecule has 0 spiro atoms. The Kier molecular flexibility index (Phi) is 5.14. The molecular weight excluding hydrogens is 336 g/mol. The monoisotopic (exact) mass is 360 g/mol. The van der Waals surface area contributed by atoms with Crippen LogP contribution in [0.4, 0.5) is 17.6 Å². The summed E-state index contributed by atoms with van der Waals surface area (Å²) < 4.78 is 0. The predicted molar refractivity (Wildman–Crippen MR) is 109 cm³/mol. The molecule has 1 aliphatic heterocycles. The minimum absolute atomic E-state index is 0.756. The minimum atomic E-state index is 0.756. The first-order chi connectivity index (χ1) is 13.3. The molecule has 0 radical (unpaired) electrons. The molecule has 1 N–H and O–H groups in total. The molecule has 3 heterocycles. The Morgan fingerprint density at radius 1 is 0.889 bits per heavy atom. The highest BCUT2D eigenvalue weighted by atomic mass is 15.3. The van der Waals surface area contributed by atoms with Crippen molar-refractivity contribution in [3.05, 3.63) is 72.1 Å². The molecule has 0 amide bonds. The highest BCUT2D eigenvalue weighted by Crippen LogP contribution is 2.17. The summed E-state index contributed by atoms with van der Waals surface area (Å²) in [7, 11) is 0. The van der Waals surface area contributed by atoms with Gasteiger partial charge in [0.15, 0.2) is 0 Å². The molecule has 27 heavy (non-hydrogen) atoms. The second-order valence-corrected chi connectivity index (χ2v) is 6.75. The van der Waals surface area contributed by atoms with Crippen molar-refractivity contribution < 1.29 is 0 Å². The molecule has 1 fully saturated rings. The average molecular weight is 360 g/mol. The summed E-state index contributed by atoms with van der Waals surface area (Å²) in [4.78, 5) is 18.1. The van der Waals surface area contributed by atoms with Gasteiger partial charge in [-0.3, -0.25) is 0 Å². The number of aryl methyl sites for hydroxylation is 1. The Bertz CT molecular complexity index is 875. The molecule has 6 nitrogen and oxygen atoms in total. The summed E-state index contributed by atoms with van der Waals surface area (Å²) in [5.74, 6) is 2.67. The number of anilines is 3. The first-order valence-electron chi connectivity index (χ1n) is 9.31. The van der Waals surface area contributed by atoms with E-state index in [0.717, 1.165) is 50.3 Å². The van der Waals surface area contributed by atoms with E-state index in [1.807, 2.05) is 30.6 Å². The van der Waals surface area contributed by atoms with Crippen molar-refractivity contribution >= 4 is 17.6 Å². The number of hydrogen-bond donors (Lipinski definition) is 1. The van der Waals surface area contributed by atoms with Crippen LogP contribution in [0.3, 0.4) is 0 Å². The van der Waals surface area contributed by atoms with E-state index in [2.05, 4.69) is 62.3 Å². The standard InChI is InChI=1S/C21H24N6/c1-17-5-4-6-18(15-17)16-24-19-8-10-23-21(25-19)27-13-11-26(12-14-27)20-7-2-3-9-22-20/h2-10,15H,11-14,16H2,1H3,(H,23,24,25). The number of aromatic nitrogens is 3. The van der Waals surface area contributed by atoms with Crippen molar-refractivity contribution in [2.24, 2.45) is 0 Å². The SMILES string of the molecule is Cc1cccc(CNc2ccnc(N3CCN(c4ccccn4)CC3)n2)c1. The van der Waals surface area contributed by atoms with E-state index in [-0.39, 0.29) is 0 Å². The number of nitrogens with zero attached hydrogens (tertiary/aromatic N) is 5. The number of hydrogen-bond acceptors (Lipinski definition) is 6. The van der Waals surface area contributed by atoms with E-state index in [9.17, 15) is 0 Å². The van der Waals surface area contributed by atoms with Gasteiger partial charge in [0.2, 0.25) is 5.95 Å². The van der Waals surface area contributed by atoms with Crippen LogP contribution in [0.25, 0.3) is 0 Å². The van der Waals surface area contributed by atoms with E-state index in [1.165, 1.54) is 11.1 Å². The van der Waals surface area contributed by atoms with Crippen LogP contribution < -0.4 is 15.1 Å². The van der Waals surface area contributed by atoms with Gasteiger partial charge in [-0.05, 0) is 30.7 Å². The van der Waals surface area contributed by atoms with Crippen LogP contribution in [-0.2, 0) is 6.54 Å². The first-order valence-corrected chi connectivity index (χ1v) is 9.31. The molecule has 1 saturated heterocycles. The molecule has 4 rings (SSSR count). The van der Waals surface area contributed by atoms with E-state index < -0.39 is 0 Å². The summed E-state index contributed by atoms with van der Waals surface area (Å²) in [6.45, 7) is 6.47. The first kappa shape index (κ1) is 17.3. The van der Waals surface area contributed by atoms with Crippen LogP contribution in [-0.4, -0.2) is 41.1 Å². The van der Waals surface area contributed by atoms with Crippen molar-refractivity contribution in [1.82, 2.24) is 15.0 Å². The lowest BCUT2D eigenvalue weighted by Gasteiger charge is -2.35. The van der Waals surface area contributed by atoms with Gasteiger partial charge in [-0.15, -0.1) is 0 Å². The maximum Gasteiger partial charge on any atom is 0.227 e. The Labute approximate surface area is 159 Å². The fourth-order valence-electron chi connectivity index (χ4n) is 3.29. The Morgan fingerprint density at radius 3 is 2.52 bits per heavy atom. The van der Waals surface area contributed by atoms with Gasteiger partial charge in [0, 0.05) is 45.1 Å². The van der Waals surface area contributed by atoms with Crippen molar-refractivity contribution in [2.75, 3.05) is 41.3 Å². The van der Waals surface area contributed by atoms with E-state index >= 15 is 0 Å². The van der Waals surface area contributed by atoms with Crippen LogP contribution in [0.5, 0.6) is 0 Å². The lowest BCUT2D eigenvalue weighted by Crippen LogP contribution is -2.47. The highest BCUT2D eigenvalue weighted by molar-refractivity contribution is 5.45. The lowest BCUT2D eigenvalue weighted by molar-refractivity contribution is 0.635. The summed E-state index contributed by atoms with van der Waals surface area (Å²) in [5.41, 5.74) is 2.52. The van der Waals surface area contributed by atoms with Crippen molar-refractivity contribution in [2.45, 2.75) is 13.5 Å². The molecule has 3 aromatic rings. The molecule has 0 bridgehead atoms. The molecule has 0 atom stereocenters. The smallest absolute Gasteiger partial charge is 0.227 e. The van der Waals surface area contributed by atoms with Gasteiger partial charge >= 0.3 is 0 Å². The van der Waals surface area contributed by atoms with Crippen molar-refractivity contribution in [1.29, 1.82) is 0 Å². The van der Waals surface area contributed by atoms with Crippen LogP contribution in [0.2, 0.25) is 0 Å². The Balaban J connectivity index is 1.37. The number of benzene rings is 1. The van der Waals surface area contributed by atoms with Gasteiger partial charge < -0.3 is 15.1 Å². The summed E-state index contributed by atoms with van der Waals surface area (Å²) in [6.07, 6.45) is 3.67. The van der Waals surface area contributed by atoms with Crippen LogP contribution in [0, 0.1) is 6.92 Å². The fraction of sp³-hybridized carbons (Fsp3) is 0.286. The predicted octanol–water partition coefficient (Wildman–Crippen LogP) is 3.12. The Hall–Kier alpha value is -3.15. The van der Waals surface area contributed by atoms with Gasteiger partial charge in [0.05, 0.1) is 0 Å². The van der Waals surface area contributed by atoms with Crippen molar-refractivity contribution in [3.63, 3.8) is 0 Å². The molecule has 6 heteroatoms. The second kappa shape index (κ2) is 8.03. The van der Waals surface area contributed by atoms with Gasteiger partial charge in [0.1, 0.15) is 11.6 Å². The zero-order valence-corrected chi connectivity index (χ0v) is 15.5. The third-order valence-electron chi connectivity index (χ3n) is 4.73. The molecule has 1 aromatic carbocycles. The molecule has 138 valence electrons. The van der Waals surface area contributed by atoms with Crippen LogP contribution >= 0.6 is 0 Å². The van der Waals surface area contributed by atoms with Gasteiger partial charge in [-0.25, -0.2) is 9.97 Å². The third-order valence-corrected chi connectivity index (χ3v) is 4.73. The summed E-state index contributed by atoms with van der Waals surface area (Å²) >= 11 is 0. The van der Waals surface area contributed by atoms with Crippen LogP contribution in [0.15, 0.2) is 60.9 Å². The van der Waals surface area contributed by atoms with Crippen molar-refractivity contribution in [3.8, 4) is 0 Å². The molecule has 0 saturated carbocycles. The summed E-state index contributed by atoms with van der Waals surface area (Å²) in [6, 6.07) is 16.5. The molecule has 0 aliphatic carbocycles. The van der Waals surface area contributed by atoms with Gasteiger partial charge in [0.25, 0.3) is 0 Å². The highest BCUT2D eigenvalue weighted by Gasteiger charge is 2.19. The zero-order valence-electron chi connectivity index (χ0n) is 15.5. The van der Waals surface area contributed by atoms with Gasteiger partial charge in [-0.1, -0.05) is 35.9 Å². The molecular formula is C21H24N6. The molecule has 2 aromatic heterocycles. The van der Waals surface area contributed by atoms with Crippen LogP contribution in [0.1, 0.15) is 11.1 Å². The summed E-state index contributed by atoms with van der Waals surface area (Å²) in [5, 5.41) is 3.40. The lowest BCUT2D eigenvalue weighted by atomic mass is 10.1. The number of rotatable bonds is 5. The maximum atomic E-state index is 4.70. The normalized spacial score (nSPS) is 14.3. The number of piperazine rings is 1. The topological polar surface area (TPSA) is 57.2 Å². The molecule has 0 unspecified atom stereocenters. The maximum absolute atomic E-state index is 4.70. The van der Waals surface area contributed by atoms with Gasteiger partial charge in [-0.2, -0.15) is 4.98 Å². The second-order valence-electron chi connectivity index (χ2n) is 6.75. The van der Waals surface area contributed by atoms with E-state index in [1.54, 1.807) is 0 Å². The average Bonchev–Trinajstić information content (AvgIpc) is 2.73. The fourth-order valence-corrected chi connectivity index (χ4v) is 3.29. The van der Waals surface area contributed by atoms with E-state index in [4.69, 9.17) is 4.98 Å². The third kappa shape index (κ3) is 4.34. The molecule has 1 aliphatic rings. The largest absolute Gasteiger partial charge is 0.366 e. The van der Waals surface area contributed by atoms with E-state index in [0.29, 0.717) is 0 Å². The number of pyridine rings is 1. The zero-order chi connectivity index (χ0) is 18.5. The minimum Gasteiger partial charge on any atom is -0.366 e. The quantitative estimate of drug-likeness (QED) is 0.754.